The summed E-state index contributed by atoms with van der Waals surface area (Å²) in [4.78, 5) is 4.31. The maximum absolute atomic E-state index is 5.28. The fraction of sp³-hybridized carbons (Fsp3) is 0.667. The number of pyridine rings is 1. The second-order valence-electron chi connectivity index (χ2n) is 5.40. The van der Waals surface area contributed by atoms with Gasteiger partial charge in [-0.3, -0.25) is 0 Å². The fourth-order valence-electron chi connectivity index (χ4n) is 2.70. The second kappa shape index (κ2) is 6.62. The smallest absolute Gasteiger partial charge is 0.168 e. The Morgan fingerprint density at radius 1 is 1.33 bits per heavy atom. The average Bonchev–Trinajstić information content (AvgIpc) is 2.41. The molecule has 1 aromatic heterocycles. The van der Waals surface area contributed by atoms with E-state index in [0.717, 1.165) is 29.9 Å². The quantitative estimate of drug-likeness (QED) is 0.862. The van der Waals surface area contributed by atoms with E-state index in [0.29, 0.717) is 0 Å². The summed E-state index contributed by atoms with van der Waals surface area (Å²) in [5.74, 6) is 3.52. The summed E-state index contributed by atoms with van der Waals surface area (Å²) in [6.45, 7) is 3.36. The Balaban J connectivity index is 1.75. The van der Waals surface area contributed by atoms with Crippen molar-refractivity contribution in [2.24, 2.45) is 11.8 Å². The highest BCUT2D eigenvalue weighted by Gasteiger charge is 2.17. The van der Waals surface area contributed by atoms with Crippen molar-refractivity contribution in [1.82, 2.24) is 4.98 Å². The molecule has 0 spiro atoms. The Kier molecular flexibility index (Phi) is 4.85. The molecule has 1 fully saturated rings. The predicted molar refractivity (Wildman–Crippen MR) is 75.0 cm³/mol. The molecule has 18 heavy (non-hydrogen) atoms. The van der Waals surface area contributed by atoms with E-state index in [2.05, 4.69) is 17.2 Å². The first-order valence-corrected chi connectivity index (χ1v) is 7.02. The van der Waals surface area contributed by atoms with Crippen LogP contribution in [0.1, 0.15) is 39.0 Å². The van der Waals surface area contributed by atoms with Crippen LogP contribution >= 0.6 is 0 Å². The van der Waals surface area contributed by atoms with Gasteiger partial charge in [-0.15, -0.1) is 0 Å². The zero-order valence-corrected chi connectivity index (χ0v) is 11.5. The Morgan fingerprint density at radius 2 is 2.11 bits per heavy atom. The molecule has 2 rings (SSSR count). The van der Waals surface area contributed by atoms with Crippen LogP contribution in [0.4, 0.5) is 5.82 Å². The van der Waals surface area contributed by atoms with Gasteiger partial charge >= 0.3 is 0 Å². The topological polar surface area (TPSA) is 34.1 Å². The molecule has 1 aliphatic rings. The maximum atomic E-state index is 5.28. The van der Waals surface area contributed by atoms with Crippen LogP contribution in [0.15, 0.2) is 18.3 Å². The third-order valence-corrected chi connectivity index (χ3v) is 3.97. The highest BCUT2D eigenvalue weighted by atomic mass is 16.5. The van der Waals surface area contributed by atoms with Crippen LogP contribution < -0.4 is 10.1 Å². The van der Waals surface area contributed by atoms with Gasteiger partial charge in [-0.05, 0) is 30.4 Å². The molecule has 0 atom stereocenters. The minimum absolute atomic E-state index is 0.828. The van der Waals surface area contributed by atoms with E-state index < -0.39 is 0 Å². The van der Waals surface area contributed by atoms with E-state index in [1.165, 1.54) is 32.1 Å². The Morgan fingerprint density at radius 3 is 2.83 bits per heavy atom. The summed E-state index contributed by atoms with van der Waals surface area (Å²) in [5.41, 5.74) is 0. The van der Waals surface area contributed by atoms with Crippen molar-refractivity contribution in [3.05, 3.63) is 18.3 Å². The van der Waals surface area contributed by atoms with Crippen molar-refractivity contribution in [1.29, 1.82) is 0 Å². The van der Waals surface area contributed by atoms with Crippen LogP contribution in [0.3, 0.4) is 0 Å². The molecule has 1 aliphatic carbocycles. The number of hydrogen-bond donors (Lipinski definition) is 1. The molecule has 0 unspecified atom stereocenters. The van der Waals surface area contributed by atoms with Crippen molar-refractivity contribution in [3.63, 3.8) is 0 Å². The fourth-order valence-corrected chi connectivity index (χ4v) is 2.70. The zero-order chi connectivity index (χ0) is 12.8. The number of nitrogens with zero attached hydrogens (tertiary/aromatic N) is 1. The number of rotatable bonds is 5. The largest absolute Gasteiger partial charge is 0.493 e. The summed E-state index contributed by atoms with van der Waals surface area (Å²) in [7, 11) is 1.69. The van der Waals surface area contributed by atoms with E-state index in [1.807, 2.05) is 12.1 Å². The summed E-state index contributed by atoms with van der Waals surface area (Å²) >= 11 is 0. The standard InChI is InChI=1S/C15H24N2O/c1-12-5-7-13(8-6-12)9-11-17-15-14(18-2)4-3-10-16-15/h3-4,10,12-13H,5-9,11H2,1-2H3,(H,16,17). The van der Waals surface area contributed by atoms with Gasteiger partial charge in [0.25, 0.3) is 0 Å². The summed E-state index contributed by atoms with van der Waals surface area (Å²) < 4.78 is 5.28. The lowest BCUT2D eigenvalue weighted by Gasteiger charge is -2.26. The monoisotopic (exact) mass is 248 g/mol. The minimum Gasteiger partial charge on any atom is -0.493 e. The van der Waals surface area contributed by atoms with Gasteiger partial charge in [0.05, 0.1) is 7.11 Å². The summed E-state index contributed by atoms with van der Waals surface area (Å²) in [6, 6.07) is 3.84. The molecule has 0 amide bonds. The molecule has 1 heterocycles. The number of nitrogens with one attached hydrogen (secondary N) is 1. The van der Waals surface area contributed by atoms with E-state index >= 15 is 0 Å². The molecule has 100 valence electrons. The Labute approximate surface area is 110 Å². The summed E-state index contributed by atoms with van der Waals surface area (Å²) in [6.07, 6.45) is 8.62. The van der Waals surface area contributed by atoms with Crippen molar-refractivity contribution in [2.45, 2.75) is 39.0 Å². The van der Waals surface area contributed by atoms with Gasteiger partial charge in [-0.25, -0.2) is 4.98 Å². The van der Waals surface area contributed by atoms with Gasteiger partial charge in [-0.2, -0.15) is 0 Å². The molecule has 0 aliphatic heterocycles. The zero-order valence-electron chi connectivity index (χ0n) is 11.5. The third kappa shape index (κ3) is 3.62. The third-order valence-electron chi connectivity index (χ3n) is 3.97. The van der Waals surface area contributed by atoms with Gasteiger partial charge in [-0.1, -0.05) is 32.6 Å². The van der Waals surface area contributed by atoms with Crippen LogP contribution in [-0.4, -0.2) is 18.6 Å². The minimum atomic E-state index is 0.828. The Hall–Kier alpha value is -1.25. The maximum Gasteiger partial charge on any atom is 0.168 e. The van der Waals surface area contributed by atoms with Crippen molar-refractivity contribution in [3.8, 4) is 5.75 Å². The van der Waals surface area contributed by atoms with Gasteiger partial charge in [0, 0.05) is 12.7 Å². The lowest BCUT2D eigenvalue weighted by Crippen LogP contribution is -2.16. The molecule has 0 aromatic carbocycles. The molecule has 0 radical (unpaired) electrons. The molecule has 3 heteroatoms. The second-order valence-corrected chi connectivity index (χ2v) is 5.40. The van der Waals surface area contributed by atoms with Crippen molar-refractivity contribution < 1.29 is 4.74 Å². The van der Waals surface area contributed by atoms with Crippen LogP contribution in [0.2, 0.25) is 0 Å². The van der Waals surface area contributed by atoms with Crippen LogP contribution in [0.5, 0.6) is 5.75 Å². The SMILES string of the molecule is COc1cccnc1NCCC1CCC(C)CC1. The molecule has 1 N–H and O–H groups in total. The van der Waals surface area contributed by atoms with Gasteiger partial charge < -0.3 is 10.1 Å². The highest BCUT2D eigenvalue weighted by molar-refractivity contribution is 5.49. The molecule has 3 nitrogen and oxygen atoms in total. The molecular weight excluding hydrogens is 224 g/mol. The lowest BCUT2D eigenvalue weighted by molar-refractivity contribution is 0.281. The normalized spacial score (nSPS) is 23.7. The van der Waals surface area contributed by atoms with Gasteiger partial charge in [0.15, 0.2) is 11.6 Å². The predicted octanol–water partition coefficient (Wildman–Crippen LogP) is 3.72. The van der Waals surface area contributed by atoms with Gasteiger partial charge in [0.2, 0.25) is 0 Å². The summed E-state index contributed by atoms with van der Waals surface area (Å²) in [5, 5.41) is 3.39. The average molecular weight is 248 g/mol. The highest BCUT2D eigenvalue weighted by Crippen LogP contribution is 2.30. The first-order chi connectivity index (χ1) is 8.79. The van der Waals surface area contributed by atoms with E-state index in [-0.39, 0.29) is 0 Å². The lowest BCUT2D eigenvalue weighted by atomic mass is 9.81. The van der Waals surface area contributed by atoms with Gasteiger partial charge in [0.1, 0.15) is 0 Å². The Bertz CT molecular complexity index is 359. The van der Waals surface area contributed by atoms with E-state index in [4.69, 9.17) is 4.74 Å². The number of hydrogen-bond acceptors (Lipinski definition) is 3. The van der Waals surface area contributed by atoms with Crippen LogP contribution in [0, 0.1) is 11.8 Å². The molecule has 0 saturated heterocycles. The number of anilines is 1. The molecule has 1 aromatic rings. The van der Waals surface area contributed by atoms with Crippen molar-refractivity contribution in [2.75, 3.05) is 19.0 Å². The molecule has 1 saturated carbocycles. The molecule has 0 bridgehead atoms. The van der Waals surface area contributed by atoms with E-state index in [1.54, 1.807) is 13.3 Å². The number of methoxy groups -OCH3 is 1. The van der Waals surface area contributed by atoms with Crippen molar-refractivity contribution >= 4 is 5.82 Å². The van der Waals surface area contributed by atoms with Crippen LogP contribution in [0.25, 0.3) is 0 Å². The van der Waals surface area contributed by atoms with E-state index in [9.17, 15) is 0 Å². The van der Waals surface area contributed by atoms with Crippen LogP contribution in [-0.2, 0) is 0 Å². The number of ether oxygens (including phenoxy) is 1. The number of aromatic nitrogens is 1. The molecular formula is C15H24N2O. The first kappa shape index (κ1) is 13.2. The first-order valence-electron chi connectivity index (χ1n) is 7.02.